The van der Waals surface area contributed by atoms with E-state index in [1.54, 1.807) is 35.5 Å². The number of rotatable bonds is 9. The van der Waals surface area contributed by atoms with Gasteiger partial charge in [-0.1, -0.05) is 25.5 Å². The molecule has 2 heterocycles. The van der Waals surface area contributed by atoms with E-state index < -0.39 is 6.23 Å². The highest BCUT2D eigenvalue weighted by atomic mass is 16.5. The molecule has 0 saturated carbocycles. The summed E-state index contributed by atoms with van der Waals surface area (Å²) in [5.74, 6) is 3.30. The number of allylic oxidation sites excluding steroid dienone is 1. The van der Waals surface area contributed by atoms with E-state index in [-0.39, 0.29) is 16.9 Å². The summed E-state index contributed by atoms with van der Waals surface area (Å²) in [5.41, 5.74) is 4.49. The lowest BCUT2D eigenvalue weighted by Gasteiger charge is -2.58. The lowest BCUT2D eigenvalue weighted by atomic mass is 9.64. The lowest BCUT2D eigenvalue weighted by molar-refractivity contribution is -0.133. The van der Waals surface area contributed by atoms with Gasteiger partial charge in [0.1, 0.15) is 29.2 Å². The maximum Gasteiger partial charge on any atom is 0.126 e. The van der Waals surface area contributed by atoms with Gasteiger partial charge >= 0.3 is 0 Å². The van der Waals surface area contributed by atoms with Crippen LogP contribution in [-0.4, -0.2) is 88.5 Å². The standard InChI is InChI=1S/C34H48N2O6/c1-33(2)21-26-17-25(16-24-18-29(41-6)20-30(42-7)31(24)33)32(37)36(12-13-38-3)34(26)8-10-35(11-9-34)22-23-14-27(39-4)19-28(15-23)40-5/h14-15,18-21,25,32,37H,8-13,16-17,22H2,1-7H3/b26-21+. The Bertz CT molecular complexity index is 1260. The molecule has 0 aromatic heterocycles. The zero-order valence-electron chi connectivity index (χ0n) is 26.4. The van der Waals surface area contributed by atoms with E-state index in [1.807, 2.05) is 12.1 Å². The van der Waals surface area contributed by atoms with Crippen molar-refractivity contribution < 1.29 is 28.8 Å². The summed E-state index contributed by atoms with van der Waals surface area (Å²) in [7, 11) is 8.54. The fourth-order valence-corrected chi connectivity index (χ4v) is 7.69. The molecule has 1 spiro atoms. The molecule has 8 nitrogen and oxygen atoms in total. The van der Waals surface area contributed by atoms with Crippen LogP contribution in [0.15, 0.2) is 42.0 Å². The van der Waals surface area contributed by atoms with Crippen LogP contribution in [0.3, 0.4) is 0 Å². The van der Waals surface area contributed by atoms with Crippen molar-refractivity contribution in [1.29, 1.82) is 0 Å². The normalized spacial score (nSPS) is 24.6. The lowest BCUT2D eigenvalue weighted by Crippen LogP contribution is -2.65. The second kappa shape index (κ2) is 12.4. The first-order chi connectivity index (χ1) is 20.2. The molecule has 3 aliphatic rings. The quantitative estimate of drug-likeness (QED) is 0.424. The van der Waals surface area contributed by atoms with Crippen molar-refractivity contribution in [1.82, 2.24) is 9.80 Å². The summed E-state index contributed by atoms with van der Waals surface area (Å²) in [6.45, 7) is 8.52. The van der Waals surface area contributed by atoms with Crippen molar-refractivity contribution in [2.24, 2.45) is 5.92 Å². The fourth-order valence-electron chi connectivity index (χ4n) is 7.69. The Morgan fingerprint density at radius 2 is 1.48 bits per heavy atom. The summed E-state index contributed by atoms with van der Waals surface area (Å²) >= 11 is 0. The van der Waals surface area contributed by atoms with E-state index in [0.717, 1.165) is 68.3 Å². The van der Waals surface area contributed by atoms with Crippen molar-refractivity contribution in [2.45, 2.75) is 63.3 Å². The maximum atomic E-state index is 12.0. The van der Waals surface area contributed by atoms with Crippen molar-refractivity contribution in [3.8, 4) is 23.0 Å². The second-order valence-corrected chi connectivity index (χ2v) is 12.6. The molecule has 0 radical (unpaired) electrons. The highest BCUT2D eigenvalue weighted by Gasteiger charge is 2.52. The van der Waals surface area contributed by atoms with Gasteiger partial charge in [-0.2, -0.15) is 0 Å². The van der Waals surface area contributed by atoms with Crippen molar-refractivity contribution >= 4 is 0 Å². The first-order valence-electron chi connectivity index (χ1n) is 15.0. The molecule has 2 atom stereocenters. The summed E-state index contributed by atoms with van der Waals surface area (Å²) in [6, 6.07) is 10.2. The van der Waals surface area contributed by atoms with Gasteiger partial charge in [0.2, 0.25) is 0 Å². The number of fused-ring (bicyclic) bond motifs is 4. The second-order valence-electron chi connectivity index (χ2n) is 12.6. The molecule has 2 saturated heterocycles. The molecule has 42 heavy (non-hydrogen) atoms. The van der Waals surface area contributed by atoms with Crippen LogP contribution in [0, 0.1) is 5.92 Å². The van der Waals surface area contributed by atoms with E-state index in [0.29, 0.717) is 13.2 Å². The molecule has 2 bridgehead atoms. The fraction of sp³-hybridized carbons (Fsp3) is 0.588. The minimum atomic E-state index is -0.572. The van der Waals surface area contributed by atoms with Gasteiger partial charge in [0.25, 0.3) is 0 Å². The SMILES string of the molecule is COCCN1C(O)C2C/C(=C\C(C)(C)c3c(cc(OC)cc3OC)C2)C12CCN(Cc1cc(OC)cc(OC)c1)CC2. The Morgan fingerprint density at radius 3 is 2.07 bits per heavy atom. The van der Waals surface area contributed by atoms with Gasteiger partial charge < -0.3 is 28.8 Å². The maximum absolute atomic E-state index is 12.0. The summed E-state index contributed by atoms with van der Waals surface area (Å²) < 4.78 is 28.2. The first-order valence-corrected chi connectivity index (χ1v) is 15.0. The molecule has 1 aliphatic carbocycles. The number of nitrogens with zero attached hydrogens (tertiary/aromatic N) is 2. The van der Waals surface area contributed by atoms with Crippen LogP contribution in [0.1, 0.15) is 49.8 Å². The molecule has 5 rings (SSSR count). The summed E-state index contributed by atoms with van der Waals surface area (Å²) in [4.78, 5) is 4.87. The van der Waals surface area contributed by atoms with Gasteiger partial charge in [-0.15, -0.1) is 0 Å². The van der Waals surface area contributed by atoms with E-state index in [1.165, 1.54) is 22.3 Å². The van der Waals surface area contributed by atoms with Crippen LogP contribution in [0.2, 0.25) is 0 Å². The minimum absolute atomic E-state index is 0.0627. The molecular weight excluding hydrogens is 532 g/mol. The largest absolute Gasteiger partial charge is 0.497 e. The molecule has 2 unspecified atom stereocenters. The molecule has 8 heteroatoms. The summed E-state index contributed by atoms with van der Waals surface area (Å²) in [5, 5.41) is 12.0. The number of hydrogen-bond donors (Lipinski definition) is 1. The molecule has 230 valence electrons. The van der Waals surface area contributed by atoms with Crippen molar-refractivity contribution in [3.63, 3.8) is 0 Å². The number of benzene rings is 2. The zero-order valence-corrected chi connectivity index (χ0v) is 26.4. The number of aliphatic hydroxyl groups is 1. The molecule has 2 aliphatic heterocycles. The smallest absolute Gasteiger partial charge is 0.126 e. The number of hydrogen-bond acceptors (Lipinski definition) is 8. The van der Waals surface area contributed by atoms with Crippen LogP contribution in [-0.2, 0) is 23.1 Å². The average Bonchev–Trinajstić information content (AvgIpc) is 2.98. The predicted octanol–water partition coefficient (Wildman–Crippen LogP) is 4.80. The number of ether oxygens (including phenoxy) is 5. The predicted molar refractivity (Wildman–Crippen MR) is 164 cm³/mol. The molecular formula is C34H48N2O6. The highest BCUT2D eigenvalue weighted by molar-refractivity contribution is 5.54. The molecule has 2 aromatic rings. The number of piperidine rings is 2. The van der Waals surface area contributed by atoms with Crippen molar-refractivity contribution in [3.05, 3.63) is 58.7 Å². The van der Waals surface area contributed by atoms with E-state index in [9.17, 15) is 5.11 Å². The van der Waals surface area contributed by atoms with Crippen LogP contribution >= 0.6 is 0 Å². The molecule has 0 amide bonds. The Balaban J connectivity index is 1.50. The highest BCUT2D eigenvalue weighted by Crippen LogP contribution is 2.51. The number of likely N-dealkylation sites (tertiary alicyclic amines) is 2. The Kier molecular flexibility index (Phi) is 9.09. The summed E-state index contributed by atoms with van der Waals surface area (Å²) in [6.07, 6.45) is 5.43. The third kappa shape index (κ3) is 5.74. The van der Waals surface area contributed by atoms with E-state index >= 15 is 0 Å². The van der Waals surface area contributed by atoms with Crippen LogP contribution in [0.5, 0.6) is 23.0 Å². The van der Waals surface area contributed by atoms with Gasteiger partial charge in [0.15, 0.2) is 0 Å². The van der Waals surface area contributed by atoms with Gasteiger partial charge in [0, 0.05) is 67.9 Å². The van der Waals surface area contributed by atoms with E-state index in [2.05, 4.69) is 47.9 Å². The average molecular weight is 581 g/mol. The minimum Gasteiger partial charge on any atom is -0.497 e. The Labute approximate surface area is 251 Å². The van der Waals surface area contributed by atoms with Crippen molar-refractivity contribution in [2.75, 3.05) is 61.8 Å². The monoisotopic (exact) mass is 580 g/mol. The molecule has 2 aromatic carbocycles. The van der Waals surface area contributed by atoms with Crippen LogP contribution in [0.25, 0.3) is 0 Å². The zero-order chi connectivity index (χ0) is 30.1. The Hall–Kier alpha value is -2.78. The van der Waals surface area contributed by atoms with Crippen LogP contribution in [0.4, 0.5) is 0 Å². The van der Waals surface area contributed by atoms with Gasteiger partial charge in [0.05, 0.1) is 35.0 Å². The van der Waals surface area contributed by atoms with Gasteiger partial charge in [-0.05, 0) is 55.0 Å². The molecule has 1 N–H and O–H groups in total. The van der Waals surface area contributed by atoms with Crippen LogP contribution < -0.4 is 18.9 Å². The Morgan fingerprint density at radius 1 is 0.833 bits per heavy atom. The first kappa shape index (κ1) is 30.7. The third-order valence-electron chi connectivity index (χ3n) is 9.68. The third-order valence-corrected chi connectivity index (χ3v) is 9.68. The number of aliphatic hydroxyl groups excluding tert-OH is 1. The number of methoxy groups -OCH3 is 5. The van der Waals surface area contributed by atoms with E-state index in [4.69, 9.17) is 23.7 Å². The van der Waals surface area contributed by atoms with Gasteiger partial charge in [-0.3, -0.25) is 9.80 Å². The van der Waals surface area contributed by atoms with Gasteiger partial charge in [-0.25, -0.2) is 0 Å². The topological polar surface area (TPSA) is 72.9 Å². The molecule has 2 fully saturated rings.